The molecule has 0 saturated carbocycles. The van der Waals surface area contributed by atoms with Crippen LogP contribution >= 0.6 is 0 Å². The molecule has 0 atom stereocenters. The average molecular weight is 413 g/mol. The standard InChI is InChI=1S/C16H13F6NO3S/c1-2-26-13-3-5-14(6-4-13)27(24,25)23-12-8-10(15(17,18)19)7-11(9-12)16(20,21)22/h3-9,23H,2H2,1H3. The summed E-state index contributed by atoms with van der Waals surface area (Å²) in [6.07, 6.45) is -10.2. The molecular weight excluding hydrogens is 400 g/mol. The van der Waals surface area contributed by atoms with Gasteiger partial charge in [0.15, 0.2) is 0 Å². The summed E-state index contributed by atoms with van der Waals surface area (Å²) in [5, 5.41) is 0. The smallest absolute Gasteiger partial charge is 0.416 e. The fraction of sp³-hybridized carbons (Fsp3) is 0.250. The fourth-order valence-electron chi connectivity index (χ4n) is 2.11. The van der Waals surface area contributed by atoms with Crippen LogP contribution in [0.15, 0.2) is 47.4 Å². The SMILES string of the molecule is CCOc1ccc(S(=O)(=O)Nc2cc(C(F)(F)F)cc(C(F)(F)F)c2)cc1. The van der Waals surface area contributed by atoms with Crippen molar-refractivity contribution in [2.75, 3.05) is 11.3 Å². The Labute approximate surface area is 150 Å². The molecule has 0 radical (unpaired) electrons. The lowest BCUT2D eigenvalue weighted by atomic mass is 10.1. The Morgan fingerprint density at radius 3 is 1.78 bits per heavy atom. The Balaban J connectivity index is 2.42. The minimum atomic E-state index is -5.08. The van der Waals surface area contributed by atoms with Crippen LogP contribution in [0.4, 0.5) is 32.0 Å². The van der Waals surface area contributed by atoms with E-state index in [0.717, 1.165) is 12.1 Å². The van der Waals surface area contributed by atoms with Crippen LogP contribution in [0.5, 0.6) is 5.75 Å². The lowest BCUT2D eigenvalue weighted by Crippen LogP contribution is -2.16. The molecule has 0 spiro atoms. The zero-order chi connectivity index (χ0) is 20.5. The molecule has 0 aliphatic heterocycles. The van der Waals surface area contributed by atoms with E-state index in [1.807, 2.05) is 0 Å². The minimum Gasteiger partial charge on any atom is -0.494 e. The number of anilines is 1. The Bertz CT molecular complexity index is 873. The van der Waals surface area contributed by atoms with Gasteiger partial charge in [0.1, 0.15) is 5.75 Å². The first-order valence-electron chi connectivity index (χ1n) is 7.38. The van der Waals surface area contributed by atoms with Crippen LogP contribution in [-0.2, 0) is 22.4 Å². The summed E-state index contributed by atoms with van der Waals surface area (Å²) in [4.78, 5) is -0.350. The lowest BCUT2D eigenvalue weighted by Gasteiger charge is -2.15. The topological polar surface area (TPSA) is 55.4 Å². The van der Waals surface area contributed by atoms with Crippen molar-refractivity contribution in [1.82, 2.24) is 0 Å². The van der Waals surface area contributed by atoms with Gasteiger partial charge in [-0.05, 0) is 49.4 Å². The zero-order valence-corrected chi connectivity index (χ0v) is 14.5. The minimum absolute atomic E-state index is 0.0886. The first-order chi connectivity index (χ1) is 12.3. The molecule has 148 valence electrons. The molecule has 11 heteroatoms. The monoisotopic (exact) mass is 413 g/mol. The summed E-state index contributed by atoms with van der Waals surface area (Å²) in [5.74, 6) is 0.356. The summed E-state index contributed by atoms with van der Waals surface area (Å²) in [6, 6.07) is 5.35. The maximum Gasteiger partial charge on any atom is 0.416 e. The number of ether oxygens (including phenoxy) is 1. The maximum atomic E-state index is 12.9. The third kappa shape index (κ3) is 5.28. The van der Waals surface area contributed by atoms with E-state index in [1.54, 1.807) is 11.6 Å². The second kappa shape index (κ2) is 7.29. The Morgan fingerprint density at radius 1 is 0.889 bits per heavy atom. The molecule has 0 aromatic heterocycles. The van der Waals surface area contributed by atoms with Gasteiger partial charge in [-0.15, -0.1) is 0 Å². The molecule has 0 amide bonds. The Kier molecular flexibility index (Phi) is 5.64. The van der Waals surface area contributed by atoms with Crippen molar-refractivity contribution in [2.45, 2.75) is 24.2 Å². The Hall–Kier alpha value is -2.43. The molecule has 0 fully saturated rings. The van der Waals surface area contributed by atoms with Crippen LogP contribution < -0.4 is 9.46 Å². The summed E-state index contributed by atoms with van der Waals surface area (Å²) >= 11 is 0. The molecule has 0 unspecified atom stereocenters. The third-order valence-corrected chi connectivity index (χ3v) is 4.68. The number of alkyl halides is 6. The molecular formula is C16H13F6NO3S. The molecule has 2 rings (SSSR count). The van der Waals surface area contributed by atoms with Crippen molar-refractivity contribution in [2.24, 2.45) is 0 Å². The number of hydrogen-bond acceptors (Lipinski definition) is 3. The van der Waals surface area contributed by atoms with Gasteiger partial charge < -0.3 is 4.74 Å². The van der Waals surface area contributed by atoms with Gasteiger partial charge in [0.05, 0.1) is 28.3 Å². The van der Waals surface area contributed by atoms with E-state index >= 15 is 0 Å². The fourth-order valence-corrected chi connectivity index (χ4v) is 3.15. The summed E-state index contributed by atoms with van der Waals surface area (Å²) in [5.41, 5.74) is -4.10. The van der Waals surface area contributed by atoms with Crippen molar-refractivity contribution in [3.05, 3.63) is 53.6 Å². The van der Waals surface area contributed by atoms with Gasteiger partial charge in [-0.1, -0.05) is 0 Å². The largest absolute Gasteiger partial charge is 0.494 e. The predicted octanol–water partition coefficient (Wildman–Crippen LogP) is 4.92. The number of benzene rings is 2. The molecule has 0 saturated heterocycles. The van der Waals surface area contributed by atoms with E-state index in [0.29, 0.717) is 24.5 Å². The summed E-state index contributed by atoms with van der Waals surface area (Å²) < 4.78 is 109. The highest BCUT2D eigenvalue weighted by Gasteiger charge is 2.37. The van der Waals surface area contributed by atoms with Crippen LogP contribution in [0.3, 0.4) is 0 Å². The van der Waals surface area contributed by atoms with Gasteiger partial charge in [0.2, 0.25) is 0 Å². The van der Waals surface area contributed by atoms with Crippen molar-refractivity contribution in [3.8, 4) is 5.75 Å². The van der Waals surface area contributed by atoms with Crippen molar-refractivity contribution < 1.29 is 39.5 Å². The van der Waals surface area contributed by atoms with Gasteiger partial charge in [0.25, 0.3) is 10.0 Å². The highest BCUT2D eigenvalue weighted by Crippen LogP contribution is 2.38. The molecule has 0 heterocycles. The molecule has 2 aromatic rings. The number of sulfonamides is 1. The van der Waals surface area contributed by atoms with Gasteiger partial charge in [0, 0.05) is 0 Å². The van der Waals surface area contributed by atoms with E-state index in [4.69, 9.17) is 4.74 Å². The first-order valence-corrected chi connectivity index (χ1v) is 8.86. The quantitative estimate of drug-likeness (QED) is 0.708. The molecule has 0 aliphatic rings. The van der Waals surface area contributed by atoms with Gasteiger partial charge >= 0.3 is 12.4 Å². The van der Waals surface area contributed by atoms with Crippen molar-refractivity contribution in [3.63, 3.8) is 0 Å². The highest BCUT2D eigenvalue weighted by atomic mass is 32.2. The molecule has 0 aliphatic carbocycles. The number of hydrogen-bond donors (Lipinski definition) is 1. The normalized spacial score (nSPS) is 12.7. The molecule has 4 nitrogen and oxygen atoms in total. The van der Waals surface area contributed by atoms with E-state index < -0.39 is 39.2 Å². The van der Waals surface area contributed by atoms with Gasteiger partial charge in [-0.3, -0.25) is 4.72 Å². The van der Waals surface area contributed by atoms with Gasteiger partial charge in [-0.2, -0.15) is 26.3 Å². The number of halogens is 6. The van der Waals surface area contributed by atoms with E-state index in [2.05, 4.69) is 0 Å². The molecule has 27 heavy (non-hydrogen) atoms. The average Bonchev–Trinajstić information content (AvgIpc) is 2.53. The summed E-state index contributed by atoms with van der Waals surface area (Å²) in [6.45, 7) is 2.03. The lowest BCUT2D eigenvalue weighted by molar-refractivity contribution is -0.143. The van der Waals surface area contributed by atoms with Gasteiger partial charge in [-0.25, -0.2) is 8.42 Å². The maximum absolute atomic E-state index is 12.9. The van der Waals surface area contributed by atoms with Crippen molar-refractivity contribution >= 4 is 15.7 Å². The number of rotatable bonds is 5. The first kappa shape index (κ1) is 20.9. The third-order valence-electron chi connectivity index (χ3n) is 3.28. The van der Waals surface area contributed by atoms with E-state index in [-0.39, 0.29) is 11.0 Å². The van der Waals surface area contributed by atoms with Crippen molar-refractivity contribution in [1.29, 1.82) is 0 Å². The summed E-state index contributed by atoms with van der Waals surface area (Å²) in [7, 11) is -4.41. The second-order valence-electron chi connectivity index (χ2n) is 5.30. The van der Waals surface area contributed by atoms with Crippen LogP contribution in [0.1, 0.15) is 18.1 Å². The predicted molar refractivity (Wildman–Crippen MR) is 84.9 cm³/mol. The van der Waals surface area contributed by atoms with Crippen LogP contribution in [0.25, 0.3) is 0 Å². The van der Waals surface area contributed by atoms with E-state index in [1.165, 1.54) is 12.1 Å². The molecule has 1 N–H and O–H groups in total. The number of nitrogens with one attached hydrogen (secondary N) is 1. The van der Waals surface area contributed by atoms with E-state index in [9.17, 15) is 34.8 Å². The Morgan fingerprint density at radius 2 is 1.37 bits per heavy atom. The second-order valence-corrected chi connectivity index (χ2v) is 6.99. The molecule has 2 aromatic carbocycles. The zero-order valence-electron chi connectivity index (χ0n) is 13.6. The molecule has 0 bridgehead atoms. The highest BCUT2D eigenvalue weighted by molar-refractivity contribution is 7.92. The van der Waals surface area contributed by atoms with Crippen LogP contribution in [0, 0.1) is 0 Å². The van der Waals surface area contributed by atoms with Crippen LogP contribution in [-0.4, -0.2) is 15.0 Å². The van der Waals surface area contributed by atoms with Crippen LogP contribution in [0.2, 0.25) is 0 Å².